The maximum Gasteiger partial charge on any atom is 0.337 e. The van der Waals surface area contributed by atoms with Crippen molar-refractivity contribution in [2.45, 2.75) is 71.8 Å². The van der Waals surface area contributed by atoms with Gasteiger partial charge in [0, 0.05) is 5.70 Å². The topological polar surface area (TPSA) is 85.9 Å². The average molecular weight is 433 g/mol. The first-order valence-electron chi connectivity index (χ1n) is 11.3. The van der Waals surface area contributed by atoms with E-state index in [0.717, 1.165) is 18.4 Å². The van der Waals surface area contributed by atoms with Crippen LogP contribution in [0.15, 0.2) is 29.5 Å². The highest BCUT2D eigenvalue weighted by Crippen LogP contribution is 2.35. The number of carbonyl (C=O) groups excluding carboxylic acids is 2. The van der Waals surface area contributed by atoms with Gasteiger partial charge in [0.15, 0.2) is 11.5 Å². The van der Waals surface area contributed by atoms with E-state index in [4.69, 9.17) is 14.2 Å². The zero-order chi connectivity index (χ0) is 22.6. The molecule has 0 fully saturated rings. The Morgan fingerprint density at radius 3 is 2.39 bits per heavy atom. The molecule has 1 aliphatic heterocycles. The van der Waals surface area contributed by atoms with Crippen molar-refractivity contribution in [2.75, 3.05) is 20.3 Å². The standard InChI is InChI=1S/C24H36N2O5/c1-5-7-8-9-10-11-12-15-31-19-14-13-18(16-20(19)30-6-2)22-21(23(27)29-4)17(3)25-24(28)26-22/h13-14,16,22H,5-12,15H2,1-4H3,(H2,25,26,28). The molecule has 1 unspecified atom stereocenters. The normalized spacial score (nSPS) is 15.9. The molecule has 1 atom stereocenters. The molecular weight excluding hydrogens is 396 g/mol. The molecule has 7 heteroatoms. The maximum atomic E-state index is 12.3. The fourth-order valence-corrected chi connectivity index (χ4v) is 3.66. The third kappa shape index (κ3) is 7.19. The molecule has 0 saturated carbocycles. The molecule has 31 heavy (non-hydrogen) atoms. The van der Waals surface area contributed by atoms with E-state index in [1.165, 1.54) is 39.2 Å². The smallest absolute Gasteiger partial charge is 0.337 e. The molecule has 1 aromatic rings. The second-order valence-corrected chi connectivity index (χ2v) is 7.67. The number of urea groups is 1. The van der Waals surface area contributed by atoms with E-state index in [1.54, 1.807) is 6.92 Å². The number of ether oxygens (including phenoxy) is 3. The molecule has 2 N–H and O–H groups in total. The fourth-order valence-electron chi connectivity index (χ4n) is 3.66. The summed E-state index contributed by atoms with van der Waals surface area (Å²) in [5, 5.41) is 5.42. The molecule has 0 spiro atoms. The SMILES string of the molecule is CCCCCCCCCOc1ccc(C2NC(=O)NC(C)=C2C(=O)OC)cc1OCC. The van der Waals surface area contributed by atoms with Crippen LogP contribution >= 0.6 is 0 Å². The lowest BCUT2D eigenvalue weighted by Crippen LogP contribution is -2.45. The highest BCUT2D eigenvalue weighted by Gasteiger charge is 2.32. The van der Waals surface area contributed by atoms with Gasteiger partial charge in [0.25, 0.3) is 0 Å². The van der Waals surface area contributed by atoms with E-state index in [0.29, 0.717) is 36.0 Å². The van der Waals surface area contributed by atoms with Gasteiger partial charge in [-0.15, -0.1) is 0 Å². The molecule has 0 bridgehead atoms. The highest BCUT2D eigenvalue weighted by molar-refractivity contribution is 5.94. The summed E-state index contributed by atoms with van der Waals surface area (Å²) >= 11 is 0. The summed E-state index contributed by atoms with van der Waals surface area (Å²) in [7, 11) is 1.32. The molecule has 2 rings (SSSR count). The van der Waals surface area contributed by atoms with Crippen LogP contribution in [-0.2, 0) is 9.53 Å². The molecule has 2 amide bonds. The van der Waals surface area contributed by atoms with Gasteiger partial charge in [-0.1, -0.05) is 51.5 Å². The van der Waals surface area contributed by atoms with Gasteiger partial charge in [0.1, 0.15) is 0 Å². The monoisotopic (exact) mass is 432 g/mol. The Morgan fingerprint density at radius 2 is 1.71 bits per heavy atom. The zero-order valence-electron chi connectivity index (χ0n) is 19.2. The molecule has 172 valence electrons. The Hall–Kier alpha value is -2.70. The number of hydrogen-bond donors (Lipinski definition) is 2. The van der Waals surface area contributed by atoms with E-state index in [-0.39, 0.29) is 6.03 Å². The number of esters is 1. The number of carbonyl (C=O) groups is 2. The first-order valence-corrected chi connectivity index (χ1v) is 11.3. The Labute approximate surface area is 185 Å². The summed E-state index contributed by atoms with van der Waals surface area (Å²) in [5.74, 6) is 0.766. The van der Waals surface area contributed by atoms with Crippen molar-refractivity contribution in [3.05, 3.63) is 35.0 Å². The summed E-state index contributed by atoms with van der Waals surface area (Å²) in [4.78, 5) is 24.3. The molecule has 1 heterocycles. The Bertz CT molecular complexity index is 775. The summed E-state index contributed by atoms with van der Waals surface area (Å²) in [5.41, 5.74) is 1.56. The molecule has 0 radical (unpaired) electrons. The van der Waals surface area contributed by atoms with Crippen LogP contribution in [0, 0.1) is 0 Å². The molecule has 0 aromatic heterocycles. The van der Waals surface area contributed by atoms with E-state index in [9.17, 15) is 9.59 Å². The lowest BCUT2D eigenvalue weighted by Gasteiger charge is -2.28. The summed E-state index contributed by atoms with van der Waals surface area (Å²) in [6.45, 7) is 6.92. The summed E-state index contributed by atoms with van der Waals surface area (Å²) in [6.07, 6.45) is 8.54. The third-order valence-corrected chi connectivity index (χ3v) is 5.28. The number of unbranched alkanes of at least 4 members (excludes halogenated alkanes) is 6. The molecule has 1 aliphatic rings. The number of methoxy groups -OCH3 is 1. The lowest BCUT2D eigenvalue weighted by molar-refractivity contribution is -0.136. The number of hydrogen-bond acceptors (Lipinski definition) is 5. The maximum absolute atomic E-state index is 12.3. The zero-order valence-corrected chi connectivity index (χ0v) is 19.2. The largest absolute Gasteiger partial charge is 0.490 e. The Morgan fingerprint density at radius 1 is 1.00 bits per heavy atom. The Balaban J connectivity index is 2.07. The van der Waals surface area contributed by atoms with E-state index >= 15 is 0 Å². The molecule has 0 aliphatic carbocycles. The fraction of sp³-hybridized carbons (Fsp3) is 0.583. The van der Waals surface area contributed by atoms with Crippen molar-refractivity contribution in [2.24, 2.45) is 0 Å². The Kier molecular flexibility index (Phi) is 10.2. The van der Waals surface area contributed by atoms with Crippen LogP contribution in [0.3, 0.4) is 0 Å². The number of amides is 2. The number of nitrogens with one attached hydrogen (secondary N) is 2. The van der Waals surface area contributed by atoms with Gasteiger partial charge in [-0.25, -0.2) is 9.59 Å². The summed E-state index contributed by atoms with van der Waals surface area (Å²) in [6, 6.07) is 4.50. The van der Waals surface area contributed by atoms with Crippen molar-refractivity contribution in [3.63, 3.8) is 0 Å². The van der Waals surface area contributed by atoms with Gasteiger partial charge in [0.2, 0.25) is 0 Å². The molecule has 0 saturated heterocycles. The van der Waals surface area contributed by atoms with Gasteiger partial charge in [-0.05, 0) is 38.0 Å². The van der Waals surface area contributed by atoms with Crippen LogP contribution in [0.4, 0.5) is 4.79 Å². The molecular formula is C24H36N2O5. The van der Waals surface area contributed by atoms with Crippen LogP contribution < -0.4 is 20.1 Å². The van der Waals surface area contributed by atoms with Crippen molar-refractivity contribution < 1.29 is 23.8 Å². The molecule has 7 nitrogen and oxygen atoms in total. The number of allylic oxidation sites excluding steroid dienone is 1. The van der Waals surface area contributed by atoms with Gasteiger partial charge < -0.3 is 24.8 Å². The predicted molar refractivity (Wildman–Crippen MR) is 120 cm³/mol. The van der Waals surface area contributed by atoms with E-state index in [1.807, 2.05) is 25.1 Å². The second-order valence-electron chi connectivity index (χ2n) is 7.67. The number of benzene rings is 1. The van der Waals surface area contributed by atoms with Crippen molar-refractivity contribution in [1.82, 2.24) is 10.6 Å². The van der Waals surface area contributed by atoms with Crippen molar-refractivity contribution in [1.29, 1.82) is 0 Å². The van der Waals surface area contributed by atoms with Gasteiger partial charge in [0.05, 0.1) is 31.9 Å². The van der Waals surface area contributed by atoms with Crippen LogP contribution in [0.25, 0.3) is 0 Å². The first-order chi connectivity index (χ1) is 15.0. The van der Waals surface area contributed by atoms with Gasteiger partial charge in [-0.2, -0.15) is 0 Å². The van der Waals surface area contributed by atoms with E-state index < -0.39 is 12.0 Å². The third-order valence-electron chi connectivity index (χ3n) is 5.28. The minimum absolute atomic E-state index is 0.362. The van der Waals surface area contributed by atoms with Crippen molar-refractivity contribution in [3.8, 4) is 11.5 Å². The van der Waals surface area contributed by atoms with Crippen LogP contribution in [0.1, 0.15) is 77.3 Å². The van der Waals surface area contributed by atoms with Crippen LogP contribution in [0.5, 0.6) is 11.5 Å². The quantitative estimate of drug-likeness (QED) is 0.338. The van der Waals surface area contributed by atoms with Crippen LogP contribution in [0.2, 0.25) is 0 Å². The molecule has 1 aromatic carbocycles. The van der Waals surface area contributed by atoms with Gasteiger partial charge >= 0.3 is 12.0 Å². The predicted octanol–water partition coefficient (Wildman–Crippen LogP) is 5.02. The first kappa shape index (κ1) is 24.6. The highest BCUT2D eigenvalue weighted by atomic mass is 16.5. The minimum Gasteiger partial charge on any atom is -0.490 e. The van der Waals surface area contributed by atoms with Crippen molar-refractivity contribution >= 4 is 12.0 Å². The van der Waals surface area contributed by atoms with Gasteiger partial charge in [-0.3, -0.25) is 0 Å². The average Bonchev–Trinajstić information content (AvgIpc) is 2.75. The minimum atomic E-state index is -0.627. The number of rotatable bonds is 13. The lowest BCUT2D eigenvalue weighted by atomic mass is 9.95. The summed E-state index contributed by atoms with van der Waals surface area (Å²) < 4.78 is 16.7. The van der Waals surface area contributed by atoms with E-state index in [2.05, 4.69) is 17.6 Å². The van der Waals surface area contributed by atoms with Crippen LogP contribution in [-0.4, -0.2) is 32.3 Å². The second kappa shape index (κ2) is 12.9.